The minimum absolute atomic E-state index is 0. The third-order valence-corrected chi connectivity index (χ3v) is 5.34. The number of carbonyl (C=O) groups excluding carboxylic acids is 1. The largest absolute Gasteiger partial charge is 0.347 e. The third-order valence-electron chi connectivity index (χ3n) is 3.95. The summed E-state index contributed by atoms with van der Waals surface area (Å²) in [5.74, 6) is -0.431. The summed E-state index contributed by atoms with van der Waals surface area (Å²) in [5, 5.41) is 3.80. The molecule has 2 atom stereocenters. The van der Waals surface area contributed by atoms with Gasteiger partial charge in [0.25, 0.3) is 0 Å². The highest BCUT2D eigenvalue weighted by atomic mass is 35.5. The molecular weight excluding hydrogens is 361 g/mol. The highest BCUT2D eigenvalue weighted by molar-refractivity contribution is 7.15. The van der Waals surface area contributed by atoms with Gasteiger partial charge >= 0.3 is 0 Å². The number of nitrogens with zero attached hydrogens (tertiary/aromatic N) is 1. The van der Waals surface area contributed by atoms with E-state index < -0.39 is 5.54 Å². The number of halogens is 2. The molecule has 1 heterocycles. The maximum atomic E-state index is 13.1. The molecule has 1 amide bonds. The van der Waals surface area contributed by atoms with Crippen molar-refractivity contribution in [3.8, 4) is 10.6 Å². The van der Waals surface area contributed by atoms with Crippen LogP contribution in [0.1, 0.15) is 50.2 Å². The maximum Gasteiger partial charge on any atom is 0.240 e. The smallest absolute Gasteiger partial charge is 0.240 e. The lowest BCUT2D eigenvalue weighted by molar-refractivity contribution is -0.126. The summed E-state index contributed by atoms with van der Waals surface area (Å²) in [7, 11) is 0. The second-order valence-electron chi connectivity index (χ2n) is 6.34. The van der Waals surface area contributed by atoms with Gasteiger partial charge in [0, 0.05) is 5.56 Å². The van der Waals surface area contributed by atoms with E-state index in [0.717, 1.165) is 27.6 Å². The van der Waals surface area contributed by atoms with Gasteiger partial charge in [-0.05, 0) is 51.5 Å². The first-order valence-electron chi connectivity index (χ1n) is 8.07. The predicted molar refractivity (Wildman–Crippen MR) is 104 cm³/mol. The third kappa shape index (κ3) is 5.23. The van der Waals surface area contributed by atoms with Gasteiger partial charge in [0.1, 0.15) is 10.8 Å². The zero-order chi connectivity index (χ0) is 17.9. The van der Waals surface area contributed by atoms with Crippen LogP contribution in [-0.4, -0.2) is 16.4 Å². The zero-order valence-corrected chi connectivity index (χ0v) is 16.6. The van der Waals surface area contributed by atoms with E-state index in [1.165, 1.54) is 23.5 Å². The van der Waals surface area contributed by atoms with Gasteiger partial charge in [-0.1, -0.05) is 13.3 Å². The normalized spacial score (nSPS) is 14.3. The van der Waals surface area contributed by atoms with Crippen molar-refractivity contribution in [2.24, 2.45) is 5.73 Å². The summed E-state index contributed by atoms with van der Waals surface area (Å²) in [6.45, 7) is 7.59. The van der Waals surface area contributed by atoms with E-state index in [1.807, 2.05) is 20.8 Å². The van der Waals surface area contributed by atoms with E-state index in [2.05, 4.69) is 10.3 Å². The highest BCUT2D eigenvalue weighted by Gasteiger charge is 2.29. The van der Waals surface area contributed by atoms with Crippen LogP contribution < -0.4 is 11.1 Å². The number of hydrogen-bond acceptors (Lipinski definition) is 4. The number of aromatic nitrogens is 1. The molecule has 0 bridgehead atoms. The van der Waals surface area contributed by atoms with Crippen LogP contribution >= 0.6 is 23.7 Å². The summed E-state index contributed by atoms with van der Waals surface area (Å²) < 4.78 is 13.1. The monoisotopic (exact) mass is 385 g/mol. The lowest BCUT2D eigenvalue weighted by Crippen LogP contribution is -2.51. The lowest BCUT2D eigenvalue weighted by atomic mass is 9.96. The molecule has 1 aromatic heterocycles. The van der Waals surface area contributed by atoms with Crippen molar-refractivity contribution >= 4 is 29.7 Å². The van der Waals surface area contributed by atoms with E-state index in [0.29, 0.717) is 6.42 Å². The number of hydrogen-bond donors (Lipinski definition) is 2. The number of rotatable bonds is 6. The van der Waals surface area contributed by atoms with Gasteiger partial charge in [-0.2, -0.15) is 0 Å². The lowest BCUT2D eigenvalue weighted by Gasteiger charge is -2.25. The second-order valence-corrected chi connectivity index (χ2v) is 7.37. The van der Waals surface area contributed by atoms with Gasteiger partial charge in [0.05, 0.1) is 22.2 Å². The molecule has 7 heteroatoms. The van der Waals surface area contributed by atoms with Gasteiger partial charge in [0.15, 0.2) is 0 Å². The number of nitrogens with two attached hydrogens (primary N) is 1. The molecule has 4 nitrogen and oxygen atoms in total. The van der Waals surface area contributed by atoms with Gasteiger partial charge < -0.3 is 11.1 Å². The van der Waals surface area contributed by atoms with Crippen molar-refractivity contribution in [1.82, 2.24) is 10.3 Å². The van der Waals surface area contributed by atoms with Crippen molar-refractivity contribution in [1.29, 1.82) is 0 Å². The minimum atomic E-state index is -0.874. The number of nitrogens with one attached hydrogen (secondary N) is 1. The summed E-state index contributed by atoms with van der Waals surface area (Å²) >= 11 is 1.50. The van der Waals surface area contributed by atoms with Crippen molar-refractivity contribution in [2.75, 3.05) is 0 Å². The van der Waals surface area contributed by atoms with Gasteiger partial charge in [-0.3, -0.25) is 4.79 Å². The van der Waals surface area contributed by atoms with Gasteiger partial charge in [-0.25, -0.2) is 9.37 Å². The van der Waals surface area contributed by atoms with Crippen LogP contribution in [0.25, 0.3) is 10.6 Å². The molecule has 25 heavy (non-hydrogen) atoms. The Labute approximate surface area is 158 Å². The average Bonchev–Trinajstić information content (AvgIpc) is 2.90. The van der Waals surface area contributed by atoms with Crippen molar-refractivity contribution in [2.45, 2.75) is 52.1 Å². The summed E-state index contributed by atoms with van der Waals surface area (Å²) in [4.78, 5) is 17.9. The van der Waals surface area contributed by atoms with E-state index in [4.69, 9.17) is 5.73 Å². The fraction of sp³-hybridized carbons (Fsp3) is 0.444. The molecule has 1 aromatic carbocycles. The summed E-state index contributed by atoms with van der Waals surface area (Å²) in [6.07, 6.45) is 1.48. The molecule has 0 aliphatic carbocycles. The number of benzene rings is 1. The van der Waals surface area contributed by atoms with E-state index in [-0.39, 0.29) is 30.2 Å². The van der Waals surface area contributed by atoms with Crippen LogP contribution in [0.2, 0.25) is 0 Å². The summed E-state index contributed by atoms with van der Waals surface area (Å²) in [5.41, 5.74) is 6.94. The molecule has 0 aliphatic rings. The molecule has 0 radical (unpaired) electrons. The van der Waals surface area contributed by atoms with Crippen LogP contribution in [0.5, 0.6) is 0 Å². The molecule has 0 saturated heterocycles. The molecule has 2 rings (SSSR count). The fourth-order valence-electron chi connectivity index (χ4n) is 2.59. The van der Waals surface area contributed by atoms with E-state index >= 15 is 0 Å². The first kappa shape index (κ1) is 21.5. The van der Waals surface area contributed by atoms with Crippen LogP contribution in [-0.2, 0) is 4.79 Å². The Kier molecular flexibility index (Phi) is 7.53. The molecule has 0 spiro atoms. The number of thiazole rings is 1. The molecule has 2 unspecified atom stereocenters. The molecular formula is C18H25ClFN3OS. The van der Waals surface area contributed by atoms with Gasteiger partial charge in [0.2, 0.25) is 5.91 Å². The second kappa shape index (κ2) is 8.74. The Morgan fingerprint density at radius 2 is 2.00 bits per heavy atom. The minimum Gasteiger partial charge on any atom is -0.347 e. The standard InChI is InChI=1S/C18H24FN3OS.ClH/c1-5-10-18(4,20)17(23)22-12(3)15-11(2)21-16(24-15)13-6-8-14(19)9-7-13;/h6-9,12H,5,10,20H2,1-4H3,(H,22,23);1H. The molecule has 0 aliphatic heterocycles. The Balaban J connectivity index is 0.00000312. The fourth-order valence-corrected chi connectivity index (χ4v) is 3.66. The van der Waals surface area contributed by atoms with Crippen LogP contribution in [0.15, 0.2) is 24.3 Å². The topological polar surface area (TPSA) is 68.0 Å². The Morgan fingerprint density at radius 3 is 2.56 bits per heavy atom. The average molecular weight is 386 g/mol. The molecule has 0 fully saturated rings. The molecule has 0 saturated carbocycles. The quantitative estimate of drug-likeness (QED) is 0.775. The predicted octanol–water partition coefficient (Wildman–Crippen LogP) is 4.37. The number of aryl methyl sites for hydroxylation is 1. The Bertz CT molecular complexity index is 716. The van der Waals surface area contributed by atoms with Gasteiger partial charge in [-0.15, -0.1) is 23.7 Å². The van der Waals surface area contributed by atoms with Crippen LogP contribution in [0.4, 0.5) is 4.39 Å². The SMILES string of the molecule is CCCC(C)(N)C(=O)NC(C)c1sc(-c2ccc(F)cc2)nc1C.Cl. The van der Waals surface area contributed by atoms with Crippen molar-refractivity contribution in [3.05, 3.63) is 40.7 Å². The van der Waals surface area contributed by atoms with Crippen LogP contribution in [0, 0.1) is 12.7 Å². The van der Waals surface area contributed by atoms with Crippen LogP contribution in [0.3, 0.4) is 0 Å². The van der Waals surface area contributed by atoms with Crippen molar-refractivity contribution < 1.29 is 9.18 Å². The maximum absolute atomic E-state index is 13.1. The zero-order valence-electron chi connectivity index (χ0n) is 14.9. The first-order chi connectivity index (χ1) is 11.2. The summed E-state index contributed by atoms with van der Waals surface area (Å²) in [6, 6.07) is 6.07. The highest BCUT2D eigenvalue weighted by Crippen LogP contribution is 2.32. The molecule has 3 N–H and O–H groups in total. The van der Waals surface area contributed by atoms with E-state index in [1.54, 1.807) is 19.1 Å². The molecule has 2 aromatic rings. The molecule has 138 valence electrons. The number of carbonyl (C=O) groups is 1. The Morgan fingerprint density at radius 1 is 1.40 bits per heavy atom. The number of amides is 1. The Hall–Kier alpha value is -1.50. The van der Waals surface area contributed by atoms with Crippen molar-refractivity contribution in [3.63, 3.8) is 0 Å². The van der Waals surface area contributed by atoms with E-state index in [9.17, 15) is 9.18 Å². The first-order valence-corrected chi connectivity index (χ1v) is 8.89.